The Bertz CT molecular complexity index is 440. The minimum absolute atomic E-state index is 0.159. The van der Waals surface area contributed by atoms with E-state index in [-0.39, 0.29) is 12.5 Å². The van der Waals surface area contributed by atoms with Gasteiger partial charge in [-0.3, -0.25) is 4.79 Å². The predicted octanol–water partition coefficient (Wildman–Crippen LogP) is 1.66. The highest BCUT2D eigenvalue weighted by molar-refractivity contribution is 5.88. The summed E-state index contributed by atoms with van der Waals surface area (Å²) in [6.45, 7) is 1.58. The van der Waals surface area contributed by atoms with Crippen molar-refractivity contribution < 1.29 is 19.4 Å². The summed E-state index contributed by atoms with van der Waals surface area (Å²) in [7, 11) is 0. The molecule has 0 radical (unpaired) electrons. The van der Waals surface area contributed by atoms with Crippen LogP contribution in [-0.2, 0) is 9.59 Å². The molecule has 1 amide bonds. The number of anilines is 1. The first-order valence-corrected chi connectivity index (χ1v) is 4.98. The molecule has 5 heteroatoms. The Morgan fingerprint density at radius 1 is 1.47 bits per heavy atom. The zero-order valence-electron chi connectivity index (χ0n) is 9.34. The lowest BCUT2D eigenvalue weighted by Crippen LogP contribution is -2.05. The van der Waals surface area contributed by atoms with E-state index in [0.29, 0.717) is 11.4 Å². The second-order valence-corrected chi connectivity index (χ2v) is 3.26. The summed E-state index contributed by atoms with van der Waals surface area (Å²) in [5.74, 6) is -0.611. The molecule has 0 unspecified atom stereocenters. The number of hydrogen-bond donors (Lipinski definition) is 2. The van der Waals surface area contributed by atoms with E-state index in [4.69, 9.17) is 9.84 Å². The minimum Gasteiger partial charge on any atom is -0.489 e. The number of rotatable bonds is 5. The Morgan fingerprint density at radius 3 is 2.88 bits per heavy atom. The van der Waals surface area contributed by atoms with E-state index in [1.54, 1.807) is 24.3 Å². The minimum atomic E-state index is -1.01. The summed E-state index contributed by atoms with van der Waals surface area (Å²) in [6.07, 6.45) is 2.41. The Morgan fingerprint density at radius 2 is 2.24 bits per heavy atom. The molecule has 1 aromatic rings. The number of nitrogens with one attached hydrogen (secondary N) is 1. The van der Waals surface area contributed by atoms with Gasteiger partial charge in [0.25, 0.3) is 0 Å². The molecule has 0 atom stereocenters. The van der Waals surface area contributed by atoms with Crippen LogP contribution in [0, 0.1) is 0 Å². The maximum atomic E-state index is 10.8. The van der Waals surface area contributed by atoms with Gasteiger partial charge in [0, 0.05) is 24.8 Å². The van der Waals surface area contributed by atoms with Crippen molar-refractivity contribution in [2.24, 2.45) is 0 Å². The number of hydrogen-bond acceptors (Lipinski definition) is 3. The topological polar surface area (TPSA) is 75.6 Å². The van der Waals surface area contributed by atoms with Gasteiger partial charge in [-0.05, 0) is 18.2 Å². The molecular formula is C12H13NO4. The van der Waals surface area contributed by atoms with Gasteiger partial charge in [0.1, 0.15) is 12.4 Å². The van der Waals surface area contributed by atoms with Crippen molar-refractivity contribution in [3.63, 3.8) is 0 Å². The highest BCUT2D eigenvalue weighted by Crippen LogP contribution is 2.17. The number of amides is 1. The number of ether oxygens (including phenoxy) is 1. The maximum absolute atomic E-state index is 10.8. The first kappa shape index (κ1) is 12.8. The second-order valence-electron chi connectivity index (χ2n) is 3.26. The highest BCUT2D eigenvalue weighted by Gasteiger charge is 1.97. The Labute approximate surface area is 98.7 Å². The SMILES string of the molecule is CC(=O)Nc1cccc(OC/C=C/C(=O)O)c1. The predicted molar refractivity (Wildman–Crippen MR) is 63.0 cm³/mol. The quantitative estimate of drug-likeness (QED) is 0.761. The lowest BCUT2D eigenvalue weighted by molar-refractivity contribution is -0.131. The standard InChI is InChI=1S/C12H13NO4/c1-9(14)13-10-4-2-5-11(8-10)17-7-3-6-12(15)16/h2-6,8H,7H2,1H3,(H,13,14)(H,15,16)/b6-3+. The first-order valence-electron chi connectivity index (χ1n) is 4.98. The summed E-state index contributed by atoms with van der Waals surface area (Å²) in [6, 6.07) is 6.86. The highest BCUT2D eigenvalue weighted by atomic mass is 16.5. The Kier molecular flexibility index (Phi) is 4.75. The lowest BCUT2D eigenvalue weighted by Gasteiger charge is -2.06. The van der Waals surface area contributed by atoms with Crippen LogP contribution in [0.2, 0.25) is 0 Å². The molecular weight excluding hydrogens is 222 g/mol. The molecule has 0 saturated carbocycles. The monoisotopic (exact) mass is 235 g/mol. The van der Waals surface area contributed by atoms with Gasteiger partial charge >= 0.3 is 5.97 Å². The molecule has 0 bridgehead atoms. The molecule has 0 aliphatic rings. The molecule has 17 heavy (non-hydrogen) atoms. The molecule has 5 nitrogen and oxygen atoms in total. The summed E-state index contributed by atoms with van der Waals surface area (Å²) in [5.41, 5.74) is 0.636. The smallest absolute Gasteiger partial charge is 0.328 e. The number of carbonyl (C=O) groups excluding carboxylic acids is 1. The van der Waals surface area contributed by atoms with Gasteiger partial charge in [0.15, 0.2) is 0 Å². The molecule has 0 aromatic heterocycles. The number of carbonyl (C=O) groups is 2. The van der Waals surface area contributed by atoms with E-state index < -0.39 is 5.97 Å². The normalized spacial score (nSPS) is 10.2. The molecule has 0 fully saturated rings. The fraction of sp³-hybridized carbons (Fsp3) is 0.167. The number of carboxylic acids is 1. The van der Waals surface area contributed by atoms with Crippen molar-refractivity contribution in [2.45, 2.75) is 6.92 Å². The van der Waals surface area contributed by atoms with E-state index >= 15 is 0 Å². The van der Waals surface area contributed by atoms with Crippen molar-refractivity contribution in [1.29, 1.82) is 0 Å². The van der Waals surface area contributed by atoms with Crippen LogP contribution in [0.3, 0.4) is 0 Å². The van der Waals surface area contributed by atoms with Gasteiger partial charge in [-0.25, -0.2) is 4.79 Å². The average Bonchev–Trinajstić information content (AvgIpc) is 2.24. The summed E-state index contributed by atoms with van der Waals surface area (Å²) in [4.78, 5) is 21.0. The van der Waals surface area contributed by atoms with Crippen LogP contribution in [0.5, 0.6) is 5.75 Å². The van der Waals surface area contributed by atoms with Gasteiger partial charge in [-0.15, -0.1) is 0 Å². The van der Waals surface area contributed by atoms with Crippen LogP contribution in [-0.4, -0.2) is 23.6 Å². The van der Waals surface area contributed by atoms with Gasteiger partial charge in [0.05, 0.1) is 0 Å². The van der Waals surface area contributed by atoms with Crippen molar-refractivity contribution in [3.8, 4) is 5.75 Å². The third-order valence-electron chi connectivity index (χ3n) is 1.76. The van der Waals surface area contributed by atoms with E-state index in [2.05, 4.69) is 5.32 Å². The van der Waals surface area contributed by atoms with Crippen molar-refractivity contribution in [2.75, 3.05) is 11.9 Å². The summed E-state index contributed by atoms with van der Waals surface area (Å²) < 4.78 is 5.28. The Balaban J connectivity index is 2.54. The van der Waals surface area contributed by atoms with Crippen LogP contribution in [0.1, 0.15) is 6.92 Å². The first-order chi connectivity index (χ1) is 8.08. The molecule has 2 N–H and O–H groups in total. The van der Waals surface area contributed by atoms with Gasteiger partial charge in [-0.2, -0.15) is 0 Å². The van der Waals surface area contributed by atoms with E-state index in [1.807, 2.05) is 0 Å². The molecule has 0 aliphatic carbocycles. The average molecular weight is 235 g/mol. The molecule has 0 heterocycles. The molecule has 0 aliphatic heterocycles. The van der Waals surface area contributed by atoms with Gasteiger partial charge in [-0.1, -0.05) is 6.07 Å². The van der Waals surface area contributed by atoms with Crippen LogP contribution in [0.15, 0.2) is 36.4 Å². The zero-order valence-corrected chi connectivity index (χ0v) is 9.34. The fourth-order valence-electron chi connectivity index (χ4n) is 1.16. The maximum Gasteiger partial charge on any atom is 0.328 e. The van der Waals surface area contributed by atoms with Crippen LogP contribution in [0.4, 0.5) is 5.69 Å². The number of benzene rings is 1. The third kappa shape index (κ3) is 5.36. The lowest BCUT2D eigenvalue weighted by atomic mass is 10.3. The van der Waals surface area contributed by atoms with E-state index in [1.165, 1.54) is 13.0 Å². The van der Waals surface area contributed by atoms with Crippen LogP contribution in [0.25, 0.3) is 0 Å². The summed E-state index contributed by atoms with van der Waals surface area (Å²) in [5, 5.41) is 11.0. The fourth-order valence-corrected chi connectivity index (χ4v) is 1.16. The van der Waals surface area contributed by atoms with Crippen LogP contribution >= 0.6 is 0 Å². The summed E-state index contributed by atoms with van der Waals surface area (Å²) >= 11 is 0. The van der Waals surface area contributed by atoms with Crippen molar-refractivity contribution >= 4 is 17.6 Å². The largest absolute Gasteiger partial charge is 0.489 e. The number of aliphatic carboxylic acids is 1. The van der Waals surface area contributed by atoms with Gasteiger partial charge < -0.3 is 15.2 Å². The van der Waals surface area contributed by atoms with Crippen LogP contribution < -0.4 is 10.1 Å². The molecule has 1 rings (SSSR count). The number of carboxylic acid groups (broad SMARTS) is 1. The second kappa shape index (κ2) is 6.32. The van der Waals surface area contributed by atoms with Crippen molar-refractivity contribution in [1.82, 2.24) is 0 Å². The van der Waals surface area contributed by atoms with Gasteiger partial charge in [0.2, 0.25) is 5.91 Å². The third-order valence-corrected chi connectivity index (χ3v) is 1.76. The van der Waals surface area contributed by atoms with Crippen molar-refractivity contribution in [3.05, 3.63) is 36.4 Å². The van der Waals surface area contributed by atoms with E-state index in [9.17, 15) is 9.59 Å². The zero-order chi connectivity index (χ0) is 12.7. The molecule has 1 aromatic carbocycles. The molecule has 0 spiro atoms. The Hall–Kier alpha value is -2.30. The molecule has 90 valence electrons. The molecule has 0 saturated heterocycles. The van der Waals surface area contributed by atoms with E-state index in [0.717, 1.165) is 6.08 Å².